The van der Waals surface area contributed by atoms with Gasteiger partial charge in [0.25, 0.3) is 5.91 Å². The van der Waals surface area contributed by atoms with E-state index in [1.165, 1.54) is 0 Å². The van der Waals surface area contributed by atoms with Crippen molar-refractivity contribution in [2.45, 2.75) is 33.7 Å². The van der Waals surface area contributed by atoms with E-state index in [9.17, 15) is 4.79 Å². The van der Waals surface area contributed by atoms with E-state index in [4.69, 9.17) is 9.72 Å². The Hall–Kier alpha value is -2.00. The highest BCUT2D eigenvalue weighted by molar-refractivity contribution is 7.22. The van der Waals surface area contributed by atoms with E-state index in [2.05, 4.69) is 42.9 Å². The van der Waals surface area contributed by atoms with E-state index < -0.39 is 0 Å². The van der Waals surface area contributed by atoms with Crippen molar-refractivity contribution in [3.8, 4) is 0 Å². The molecule has 1 aromatic carbocycles. The van der Waals surface area contributed by atoms with Crippen LogP contribution in [0.4, 0.5) is 5.13 Å². The first kappa shape index (κ1) is 23.7. The van der Waals surface area contributed by atoms with Crippen molar-refractivity contribution < 1.29 is 9.53 Å². The number of halogens is 1. The van der Waals surface area contributed by atoms with Crippen molar-refractivity contribution in [1.82, 2.24) is 19.7 Å². The molecule has 1 aliphatic rings. The first-order valence-corrected chi connectivity index (χ1v) is 11.3. The number of anilines is 1. The molecule has 168 valence electrons. The Kier molecular flexibility index (Phi) is 7.69. The molecular formula is C22H30ClN5O2S. The van der Waals surface area contributed by atoms with Crippen LogP contribution in [0.25, 0.3) is 10.2 Å². The number of amides is 1. The Morgan fingerprint density at radius 3 is 2.65 bits per heavy atom. The zero-order valence-corrected chi connectivity index (χ0v) is 20.1. The number of fused-ring (bicyclic) bond motifs is 1. The van der Waals surface area contributed by atoms with Crippen LogP contribution < -0.4 is 4.90 Å². The Morgan fingerprint density at radius 1 is 1.26 bits per heavy atom. The highest BCUT2D eigenvalue weighted by Gasteiger charge is 2.25. The number of nitrogens with zero attached hydrogens (tertiary/aromatic N) is 5. The fraction of sp³-hybridized carbons (Fsp3) is 0.500. The molecule has 9 heteroatoms. The Labute approximate surface area is 193 Å². The first-order valence-electron chi connectivity index (χ1n) is 10.5. The van der Waals surface area contributed by atoms with E-state index in [0.29, 0.717) is 12.2 Å². The lowest BCUT2D eigenvalue weighted by Gasteiger charge is -2.29. The predicted octanol–water partition coefficient (Wildman–Crippen LogP) is 4.09. The minimum Gasteiger partial charge on any atom is -0.379 e. The second-order valence-corrected chi connectivity index (χ2v) is 9.05. The summed E-state index contributed by atoms with van der Waals surface area (Å²) in [5, 5.41) is 5.32. The average Bonchev–Trinajstić information content (AvgIpc) is 3.33. The van der Waals surface area contributed by atoms with Crippen molar-refractivity contribution in [2.24, 2.45) is 0 Å². The number of benzene rings is 1. The van der Waals surface area contributed by atoms with Gasteiger partial charge in [0.15, 0.2) is 10.8 Å². The van der Waals surface area contributed by atoms with Crippen LogP contribution in [0, 0.1) is 13.8 Å². The molecule has 0 unspecified atom stereocenters. The number of ether oxygens (including phenoxy) is 1. The van der Waals surface area contributed by atoms with Gasteiger partial charge in [0.2, 0.25) is 0 Å². The molecule has 31 heavy (non-hydrogen) atoms. The number of thiazole rings is 1. The van der Waals surface area contributed by atoms with Crippen LogP contribution >= 0.6 is 23.7 Å². The summed E-state index contributed by atoms with van der Waals surface area (Å²) in [6.07, 6.45) is 0. The minimum atomic E-state index is -0.0949. The standard InChI is InChI=1S/C22H29N5O2S.ClH/c1-15(2)27-17(4)14-18(24-27)21(28)26(9-8-25-10-12-29-13-11-25)22-23-20-16(3)6-5-7-19(20)30-22;/h5-7,14-15H,8-13H2,1-4H3;1H. The van der Waals surface area contributed by atoms with Gasteiger partial charge in [0, 0.05) is 37.9 Å². The van der Waals surface area contributed by atoms with Crippen molar-refractivity contribution in [1.29, 1.82) is 0 Å². The van der Waals surface area contributed by atoms with Crippen LogP contribution in [0.1, 0.15) is 41.6 Å². The van der Waals surface area contributed by atoms with Crippen molar-refractivity contribution in [2.75, 3.05) is 44.3 Å². The zero-order valence-electron chi connectivity index (χ0n) is 18.5. The van der Waals surface area contributed by atoms with Gasteiger partial charge in [-0.3, -0.25) is 19.3 Å². The number of rotatable bonds is 6. The molecule has 1 amide bonds. The Bertz CT molecular complexity index is 1040. The van der Waals surface area contributed by atoms with E-state index in [1.54, 1.807) is 16.2 Å². The summed E-state index contributed by atoms with van der Waals surface area (Å²) in [6, 6.07) is 8.24. The highest BCUT2D eigenvalue weighted by Crippen LogP contribution is 2.31. The number of aromatic nitrogens is 3. The van der Waals surface area contributed by atoms with E-state index >= 15 is 0 Å². The summed E-state index contributed by atoms with van der Waals surface area (Å²) in [5.74, 6) is -0.0949. The lowest BCUT2D eigenvalue weighted by atomic mass is 10.2. The van der Waals surface area contributed by atoms with Crippen LogP contribution in [0.3, 0.4) is 0 Å². The molecule has 3 aromatic rings. The van der Waals surface area contributed by atoms with Gasteiger partial charge in [-0.25, -0.2) is 4.98 Å². The summed E-state index contributed by atoms with van der Waals surface area (Å²) in [7, 11) is 0. The Morgan fingerprint density at radius 2 is 2.00 bits per heavy atom. The third-order valence-electron chi connectivity index (χ3n) is 5.46. The maximum Gasteiger partial charge on any atom is 0.280 e. The van der Waals surface area contributed by atoms with Crippen LogP contribution in [0.15, 0.2) is 24.3 Å². The van der Waals surface area contributed by atoms with Crippen LogP contribution in [-0.2, 0) is 4.74 Å². The van der Waals surface area contributed by atoms with Crippen LogP contribution in [0.5, 0.6) is 0 Å². The molecule has 0 atom stereocenters. The van der Waals surface area contributed by atoms with Crippen LogP contribution in [-0.4, -0.2) is 65.0 Å². The van der Waals surface area contributed by atoms with Gasteiger partial charge >= 0.3 is 0 Å². The second kappa shape index (κ2) is 10.1. The van der Waals surface area contributed by atoms with Gasteiger partial charge in [-0.15, -0.1) is 12.4 Å². The molecule has 4 rings (SSSR count). The first-order chi connectivity index (χ1) is 14.4. The third kappa shape index (κ3) is 5.09. The molecule has 1 aliphatic heterocycles. The highest BCUT2D eigenvalue weighted by atomic mass is 35.5. The molecule has 0 aliphatic carbocycles. The number of aryl methyl sites for hydroxylation is 2. The summed E-state index contributed by atoms with van der Waals surface area (Å²) < 4.78 is 8.45. The monoisotopic (exact) mass is 463 g/mol. The molecule has 1 fully saturated rings. The second-order valence-electron chi connectivity index (χ2n) is 8.04. The third-order valence-corrected chi connectivity index (χ3v) is 6.50. The molecular weight excluding hydrogens is 434 g/mol. The molecule has 0 spiro atoms. The van der Waals surface area contributed by atoms with E-state index in [-0.39, 0.29) is 24.4 Å². The van der Waals surface area contributed by atoms with Crippen molar-refractivity contribution in [3.63, 3.8) is 0 Å². The van der Waals surface area contributed by atoms with Crippen LogP contribution in [0.2, 0.25) is 0 Å². The summed E-state index contributed by atoms with van der Waals surface area (Å²) in [5.41, 5.74) is 3.54. The van der Waals surface area contributed by atoms with Crippen molar-refractivity contribution >= 4 is 45.0 Å². The molecule has 3 heterocycles. The maximum atomic E-state index is 13.5. The molecule has 0 bridgehead atoms. The number of carbonyl (C=O) groups excluding carboxylic acids is 1. The summed E-state index contributed by atoms with van der Waals surface area (Å²) in [6.45, 7) is 12.8. The topological polar surface area (TPSA) is 63.5 Å². The Balaban J connectivity index is 0.00000272. The van der Waals surface area contributed by atoms with Gasteiger partial charge in [0.1, 0.15) is 0 Å². The van der Waals surface area contributed by atoms with Gasteiger partial charge in [-0.2, -0.15) is 5.10 Å². The smallest absolute Gasteiger partial charge is 0.280 e. The largest absolute Gasteiger partial charge is 0.379 e. The number of morpholine rings is 1. The minimum absolute atomic E-state index is 0. The van der Waals surface area contributed by atoms with Gasteiger partial charge in [-0.1, -0.05) is 23.5 Å². The molecule has 2 aromatic heterocycles. The van der Waals surface area contributed by atoms with Crippen molar-refractivity contribution in [3.05, 3.63) is 41.2 Å². The number of carbonyl (C=O) groups is 1. The van der Waals surface area contributed by atoms with Gasteiger partial charge in [-0.05, 0) is 45.4 Å². The quantitative estimate of drug-likeness (QED) is 0.551. The SMILES string of the molecule is Cc1cccc2sc(N(CCN3CCOCC3)C(=O)c3cc(C)n(C(C)C)n3)nc12.Cl. The lowest BCUT2D eigenvalue weighted by molar-refractivity contribution is 0.0391. The number of hydrogen-bond donors (Lipinski definition) is 0. The predicted molar refractivity (Wildman–Crippen MR) is 128 cm³/mol. The molecule has 1 saturated heterocycles. The van der Waals surface area contributed by atoms with E-state index in [1.807, 2.05) is 23.7 Å². The average molecular weight is 464 g/mol. The number of hydrogen-bond acceptors (Lipinski definition) is 6. The normalized spacial score (nSPS) is 14.7. The fourth-order valence-corrected chi connectivity index (χ4v) is 4.86. The molecule has 0 radical (unpaired) electrons. The molecule has 7 nitrogen and oxygen atoms in total. The lowest BCUT2D eigenvalue weighted by Crippen LogP contribution is -2.43. The number of para-hydroxylation sites is 1. The summed E-state index contributed by atoms with van der Waals surface area (Å²) in [4.78, 5) is 22.5. The van der Waals surface area contributed by atoms with Gasteiger partial charge in [0.05, 0.1) is 23.4 Å². The fourth-order valence-electron chi connectivity index (χ4n) is 3.79. The zero-order chi connectivity index (χ0) is 21.3. The molecule has 0 saturated carbocycles. The summed E-state index contributed by atoms with van der Waals surface area (Å²) >= 11 is 1.56. The van der Waals surface area contributed by atoms with Gasteiger partial charge < -0.3 is 4.74 Å². The van der Waals surface area contributed by atoms with E-state index in [0.717, 1.165) is 59.5 Å². The molecule has 0 N–H and O–H groups in total. The maximum absolute atomic E-state index is 13.5.